The van der Waals surface area contributed by atoms with Gasteiger partial charge in [-0.25, -0.2) is 0 Å². The molecule has 2 aromatic rings. The van der Waals surface area contributed by atoms with Gasteiger partial charge in [0.1, 0.15) is 0 Å². The quantitative estimate of drug-likeness (QED) is 0.790. The Labute approximate surface area is 179 Å². The van der Waals surface area contributed by atoms with E-state index in [1.807, 2.05) is 36.3 Å². The van der Waals surface area contributed by atoms with Crippen molar-refractivity contribution >= 4 is 5.91 Å². The van der Waals surface area contributed by atoms with Crippen molar-refractivity contribution < 1.29 is 4.79 Å². The van der Waals surface area contributed by atoms with E-state index < -0.39 is 0 Å². The predicted octanol–water partition coefficient (Wildman–Crippen LogP) is 2.12. The van der Waals surface area contributed by atoms with Crippen LogP contribution in [-0.4, -0.2) is 62.7 Å². The highest BCUT2D eigenvalue weighted by molar-refractivity contribution is 5.78. The molecule has 2 saturated heterocycles. The summed E-state index contributed by atoms with van der Waals surface area (Å²) in [5, 5.41) is 7.48. The van der Waals surface area contributed by atoms with E-state index in [0.717, 1.165) is 51.1 Å². The minimum Gasteiger partial charge on any atom is -0.352 e. The van der Waals surface area contributed by atoms with E-state index in [2.05, 4.69) is 32.1 Å². The minimum atomic E-state index is 0.103. The van der Waals surface area contributed by atoms with Crippen LogP contribution in [0, 0.1) is 12.8 Å². The summed E-state index contributed by atoms with van der Waals surface area (Å²) in [7, 11) is 2.00. The first kappa shape index (κ1) is 21.0. The molecule has 0 aliphatic carbocycles. The summed E-state index contributed by atoms with van der Waals surface area (Å²) in [6.45, 7) is 7.95. The molecule has 2 aromatic heterocycles. The Morgan fingerprint density at radius 1 is 1.20 bits per heavy atom. The van der Waals surface area contributed by atoms with Crippen LogP contribution in [0.4, 0.5) is 0 Å². The molecule has 4 rings (SSSR count). The van der Waals surface area contributed by atoms with Crippen LogP contribution in [0.5, 0.6) is 0 Å². The number of hydrogen-bond acceptors (Lipinski definition) is 5. The maximum absolute atomic E-state index is 12.7. The summed E-state index contributed by atoms with van der Waals surface area (Å²) < 4.78 is 1.95. The van der Waals surface area contributed by atoms with Crippen LogP contribution in [0.3, 0.4) is 0 Å². The Hall–Kier alpha value is -2.25. The lowest BCUT2D eigenvalue weighted by Gasteiger charge is -2.42. The minimum absolute atomic E-state index is 0.103. The van der Waals surface area contributed by atoms with E-state index in [-0.39, 0.29) is 11.8 Å². The average Bonchev–Trinajstić information content (AvgIpc) is 3.11. The van der Waals surface area contributed by atoms with Crippen LogP contribution >= 0.6 is 0 Å². The Balaban J connectivity index is 1.24. The number of pyridine rings is 1. The molecule has 2 aliphatic rings. The van der Waals surface area contributed by atoms with E-state index in [1.165, 1.54) is 24.1 Å². The number of carbonyl (C=O) groups excluding carboxylic acids is 1. The zero-order valence-corrected chi connectivity index (χ0v) is 18.3. The van der Waals surface area contributed by atoms with Crippen LogP contribution in [0.25, 0.3) is 0 Å². The fourth-order valence-corrected chi connectivity index (χ4v) is 4.77. The summed E-state index contributed by atoms with van der Waals surface area (Å²) in [6.07, 6.45) is 10.0. The number of aromatic nitrogens is 3. The summed E-state index contributed by atoms with van der Waals surface area (Å²) in [5.74, 6) is 0.291. The van der Waals surface area contributed by atoms with Gasteiger partial charge in [0, 0.05) is 56.4 Å². The smallest absolute Gasteiger partial charge is 0.224 e. The molecule has 7 heteroatoms. The van der Waals surface area contributed by atoms with Crippen molar-refractivity contribution in [2.75, 3.05) is 26.2 Å². The number of rotatable bonds is 6. The maximum atomic E-state index is 12.7. The molecule has 1 amide bonds. The molecule has 1 atom stereocenters. The first-order valence-electron chi connectivity index (χ1n) is 11.2. The van der Waals surface area contributed by atoms with Crippen molar-refractivity contribution in [2.24, 2.45) is 13.0 Å². The van der Waals surface area contributed by atoms with Gasteiger partial charge >= 0.3 is 0 Å². The van der Waals surface area contributed by atoms with Gasteiger partial charge in [-0.2, -0.15) is 5.10 Å². The van der Waals surface area contributed by atoms with Crippen molar-refractivity contribution in [1.29, 1.82) is 0 Å². The van der Waals surface area contributed by atoms with Crippen molar-refractivity contribution in [3.63, 3.8) is 0 Å². The first-order valence-corrected chi connectivity index (χ1v) is 11.2. The zero-order valence-electron chi connectivity index (χ0n) is 18.3. The molecule has 0 spiro atoms. The summed E-state index contributed by atoms with van der Waals surface area (Å²) in [4.78, 5) is 22.0. The Morgan fingerprint density at radius 3 is 2.73 bits per heavy atom. The van der Waals surface area contributed by atoms with E-state index in [4.69, 9.17) is 0 Å². The molecule has 162 valence electrons. The highest BCUT2D eigenvalue weighted by Crippen LogP contribution is 2.25. The molecular formula is C23H34N6O. The van der Waals surface area contributed by atoms with Crippen LogP contribution in [0.1, 0.15) is 42.5 Å². The zero-order chi connectivity index (χ0) is 20.9. The topological polar surface area (TPSA) is 66.3 Å². The van der Waals surface area contributed by atoms with Gasteiger partial charge in [-0.05, 0) is 63.9 Å². The van der Waals surface area contributed by atoms with Gasteiger partial charge < -0.3 is 5.32 Å². The lowest BCUT2D eigenvalue weighted by molar-refractivity contribution is -0.127. The number of nitrogens with one attached hydrogen (secondary N) is 1. The first-order chi connectivity index (χ1) is 14.6. The van der Waals surface area contributed by atoms with Gasteiger partial charge in [-0.15, -0.1) is 0 Å². The molecule has 0 aromatic carbocycles. The Bertz CT molecular complexity index is 827. The second-order valence-electron chi connectivity index (χ2n) is 8.80. The standard InChI is InChI=1S/C23H34N6O/c1-18-21(15-26-27(18)2)16-28-11-7-22(8-12-28)29-10-4-6-20(17-29)23(30)25-14-19-5-3-9-24-13-19/h3,5,9,13,15,20,22H,4,6-8,10-12,14,16-17H2,1-2H3,(H,25,30)/t20-/m0/s1. The fourth-order valence-electron chi connectivity index (χ4n) is 4.77. The average molecular weight is 411 g/mol. The number of nitrogens with zero attached hydrogens (tertiary/aromatic N) is 5. The molecule has 0 saturated carbocycles. The van der Waals surface area contributed by atoms with Gasteiger partial charge in [0.15, 0.2) is 0 Å². The van der Waals surface area contributed by atoms with Gasteiger partial charge in [-0.3, -0.25) is 24.3 Å². The number of carbonyl (C=O) groups is 1. The normalized spacial score (nSPS) is 21.6. The number of aryl methyl sites for hydroxylation is 1. The fraction of sp³-hybridized carbons (Fsp3) is 0.609. The van der Waals surface area contributed by atoms with Crippen LogP contribution in [0.15, 0.2) is 30.7 Å². The number of hydrogen-bond donors (Lipinski definition) is 1. The molecule has 30 heavy (non-hydrogen) atoms. The van der Waals surface area contributed by atoms with Gasteiger partial charge in [0.05, 0.1) is 12.1 Å². The van der Waals surface area contributed by atoms with Crippen molar-refractivity contribution in [2.45, 2.75) is 51.7 Å². The highest BCUT2D eigenvalue weighted by Gasteiger charge is 2.31. The Kier molecular flexibility index (Phi) is 6.79. The SMILES string of the molecule is Cc1c(CN2CCC(N3CCC[C@H](C(=O)NCc4cccnc4)C3)CC2)cnn1C. The van der Waals surface area contributed by atoms with Crippen LogP contribution < -0.4 is 5.32 Å². The van der Waals surface area contributed by atoms with Gasteiger partial charge in [0.25, 0.3) is 0 Å². The highest BCUT2D eigenvalue weighted by atomic mass is 16.1. The third-order valence-electron chi connectivity index (χ3n) is 6.82. The van der Waals surface area contributed by atoms with Crippen LogP contribution in [0.2, 0.25) is 0 Å². The second kappa shape index (κ2) is 9.71. The predicted molar refractivity (Wildman–Crippen MR) is 117 cm³/mol. The lowest BCUT2D eigenvalue weighted by Crippen LogP contribution is -2.50. The second-order valence-corrected chi connectivity index (χ2v) is 8.80. The molecule has 7 nitrogen and oxygen atoms in total. The summed E-state index contributed by atoms with van der Waals surface area (Å²) in [5.41, 5.74) is 3.64. The third kappa shape index (κ3) is 5.08. The van der Waals surface area contributed by atoms with Gasteiger partial charge in [-0.1, -0.05) is 6.07 Å². The van der Waals surface area contributed by atoms with Gasteiger partial charge in [0.2, 0.25) is 5.91 Å². The number of piperidine rings is 2. The van der Waals surface area contributed by atoms with Crippen molar-refractivity contribution in [3.8, 4) is 0 Å². The van der Waals surface area contributed by atoms with Crippen molar-refractivity contribution in [3.05, 3.63) is 47.5 Å². The van der Waals surface area contributed by atoms with Crippen molar-refractivity contribution in [1.82, 2.24) is 29.9 Å². The molecule has 0 bridgehead atoms. The van der Waals surface area contributed by atoms with E-state index in [0.29, 0.717) is 12.6 Å². The monoisotopic (exact) mass is 410 g/mol. The molecule has 0 unspecified atom stereocenters. The summed E-state index contributed by atoms with van der Waals surface area (Å²) in [6, 6.07) is 4.51. The maximum Gasteiger partial charge on any atom is 0.224 e. The van der Waals surface area contributed by atoms with E-state index in [1.54, 1.807) is 6.20 Å². The molecule has 2 fully saturated rings. The summed E-state index contributed by atoms with van der Waals surface area (Å²) >= 11 is 0. The van der Waals surface area contributed by atoms with E-state index in [9.17, 15) is 4.79 Å². The number of likely N-dealkylation sites (tertiary alicyclic amines) is 2. The molecule has 1 N–H and O–H groups in total. The third-order valence-corrected chi connectivity index (χ3v) is 6.82. The van der Waals surface area contributed by atoms with E-state index >= 15 is 0 Å². The molecule has 0 radical (unpaired) electrons. The molecule has 4 heterocycles. The largest absolute Gasteiger partial charge is 0.352 e. The molecular weight excluding hydrogens is 376 g/mol. The Morgan fingerprint density at radius 2 is 2.03 bits per heavy atom. The van der Waals surface area contributed by atoms with Crippen LogP contribution in [-0.2, 0) is 24.9 Å². The molecule has 2 aliphatic heterocycles. The number of amides is 1. The lowest BCUT2D eigenvalue weighted by atomic mass is 9.93.